The van der Waals surface area contributed by atoms with E-state index in [1.165, 1.54) is 5.39 Å². The standard InChI is InChI=1S/C26H22N2O2/c1-29-22-13-7-5-11-19(22)25-26(20-12-6-8-14-23(20)30-2)28-24-18-10-4-3-9-17(18)15-16-21(24)27-25/h3-16,26,28H,1-2H3. The Kier molecular flexibility index (Phi) is 4.60. The molecule has 0 aliphatic carbocycles. The molecular weight excluding hydrogens is 372 g/mol. The van der Waals surface area contributed by atoms with Crippen molar-refractivity contribution in [2.75, 3.05) is 19.5 Å². The van der Waals surface area contributed by atoms with Gasteiger partial charge in [0.1, 0.15) is 11.5 Å². The summed E-state index contributed by atoms with van der Waals surface area (Å²) in [5, 5.41) is 6.09. The Morgan fingerprint density at radius 1 is 0.733 bits per heavy atom. The summed E-state index contributed by atoms with van der Waals surface area (Å²) < 4.78 is 11.3. The average Bonchev–Trinajstić information content (AvgIpc) is 2.83. The number of hydrogen-bond donors (Lipinski definition) is 1. The highest BCUT2D eigenvalue weighted by Gasteiger charge is 2.30. The fourth-order valence-electron chi connectivity index (χ4n) is 4.11. The Labute approximate surface area is 175 Å². The summed E-state index contributed by atoms with van der Waals surface area (Å²) in [4.78, 5) is 5.13. The molecule has 5 rings (SSSR count). The van der Waals surface area contributed by atoms with Crippen molar-refractivity contribution in [3.05, 3.63) is 96.1 Å². The summed E-state index contributed by atoms with van der Waals surface area (Å²) in [5.74, 6) is 1.61. The third kappa shape index (κ3) is 2.98. The van der Waals surface area contributed by atoms with Crippen molar-refractivity contribution in [1.29, 1.82) is 0 Å². The second kappa shape index (κ2) is 7.56. The molecule has 30 heavy (non-hydrogen) atoms. The molecule has 4 aromatic rings. The molecule has 4 aromatic carbocycles. The summed E-state index contributed by atoms with van der Waals surface area (Å²) >= 11 is 0. The molecule has 0 spiro atoms. The van der Waals surface area contributed by atoms with Crippen molar-refractivity contribution in [2.24, 2.45) is 4.99 Å². The van der Waals surface area contributed by atoms with Crippen molar-refractivity contribution in [3.63, 3.8) is 0 Å². The van der Waals surface area contributed by atoms with Crippen LogP contribution in [0.5, 0.6) is 11.5 Å². The van der Waals surface area contributed by atoms with Crippen LogP contribution >= 0.6 is 0 Å². The van der Waals surface area contributed by atoms with Crippen LogP contribution in [0.4, 0.5) is 11.4 Å². The number of hydrogen-bond acceptors (Lipinski definition) is 4. The van der Waals surface area contributed by atoms with Crippen LogP contribution in [0.25, 0.3) is 10.8 Å². The zero-order valence-electron chi connectivity index (χ0n) is 16.9. The van der Waals surface area contributed by atoms with Crippen molar-refractivity contribution >= 4 is 27.9 Å². The van der Waals surface area contributed by atoms with Gasteiger partial charge in [0.25, 0.3) is 0 Å². The lowest BCUT2D eigenvalue weighted by Crippen LogP contribution is -2.26. The lowest BCUT2D eigenvalue weighted by atomic mass is 9.92. The first kappa shape index (κ1) is 18.3. The summed E-state index contributed by atoms with van der Waals surface area (Å²) in [6.07, 6.45) is 0. The highest BCUT2D eigenvalue weighted by molar-refractivity contribution is 6.14. The number of anilines is 1. The molecule has 1 atom stereocenters. The first-order valence-electron chi connectivity index (χ1n) is 9.93. The summed E-state index contributed by atoms with van der Waals surface area (Å²) in [7, 11) is 3.39. The average molecular weight is 394 g/mol. The van der Waals surface area contributed by atoms with Gasteiger partial charge in [0, 0.05) is 16.5 Å². The molecule has 1 unspecified atom stereocenters. The molecule has 1 aliphatic rings. The van der Waals surface area contributed by atoms with Gasteiger partial charge >= 0.3 is 0 Å². The predicted molar refractivity (Wildman–Crippen MR) is 122 cm³/mol. The largest absolute Gasteiger partial charge is 0.496 e. The van der Waals surface area contributed by atoms with Crippen molar-refractivity contribution < 1.29 is 9.47 Å². The lowest BCUT2D eigenvalue weighted by Gasteiger charge is -2.30. The summed E-state index contributed by atoms with van der Waals surface area (Å²) in [6.45, 7) is 0. The van der Waals surface area contributed by atoms with E-state index < -0.39 is 0 Å². The molecule has 1 aliphatic heterocycles. The smallest absolute Gasteiger partial charge is 0.128 e. The van der Waals surface area contributed by atoms with Crippen LogP contribution in [-0.2, 0) is 0 Å². The van der Waals surface area contributed by atoms with Crippen molar-refractivity contribution in [3.8, 4) is 11.5 Å². The number of nitrogens with one attached hydrogen (secondary N) is 1. The summed E-state index contributed by atoms with van der Waals surface area (Å²) in [6, 6.07) is 28.4. The predicted octanol–water partition coefficient (Wildman–Crippen LogP) is 6.14. The number of nitrogens with zero attached hydrogens (tertiary/aromatic N) is 1. The van der Waals surface area contributed by atoms with E-state index in [1.807, 2.05) is 42.5 Å². The molecule has 1 heterocycles. The van der Waals surface area contributed by atoms with Gasteiger partial charge in [-0.2, -0.15) is 0 Å². The summed E-state index contributed by atoms with van der Waals surface area (Å²) in [5.41, 5.74) is 4.84. The van der Waals surface area contributed by atoms with Crippen LogP contribution in [-0.4, -0.2) is 19.9 Å². The number of aliphatic imine (C=N–C) groups is 1. The molecular formula is C26H22N2O2. The molecule has 4 nitrogen and oxygen atoms in total. The molecule has 0 saturated heterocycles. The van der Waals surface area contributed by atoms with Crippen LogP contribution in [0.1, 0.15) is 17.2 Å². The molecule has 0 radical (unpaired) electrons. The number of rotatable bonds is 4. The molecule has 0 aromatic heterocycles. The van der Waals surface area contributed by atoms with Gasteiger partial charge in [-0.15, -0.1) is 0 Å². The van der Waals surface area contributed by atoms with Crippen molar-refractivity contribution in [1.82, 2.24) is 0 Å². The van der Waals surface area contributed by atoms with Gasteiger partial charge in [-0.25, -0.2) is 4.99 Å². The molecule has 4 heteroatoms. The molecule has 0 fully saturated rings. The van der Waals surface area contributed by atoms with E-state index in [2.05, 4.69) is 47.8 Å². The maximum Gasteiger partial charge on any atom is 0.128 e. The number of fused-ring (bicyclic) bond motifs is 3. The highest BCUT2D eigenvalue weighted by Crippen LogP contribution is 2.43. The van der Waals surface area contributed by atoms with Gasteiger partial charge in [0.2, 0.25) is 0 Å². The number of ether oxygens (including phenoxy) is 2. The number of para-hydroxylation sites is 2. The quantitative estimate of drug-likeness (QED) is 0.452. The van der Waals surface area contributed by atoms with Gasteiger partial charge in [0.15, 0.2) is 0 Å². The van der Waals surface area contributed by atoms with E-state index >= 15 is 0 Å². The van der Waals surface area contributed by atoms with Crippen LogP contribution in [0.15, 0.2) is 89.9 Å². The third-order valence-electron chi connectivity index (χ3n) is 5.54. The Balaban J connectivity index is 1.78. The van der Waals surface area contributed by atoms with E-state index in [0.29, 0.717) is 0 Å². The van der Waals surface area contributed by atoms with Gasteiger partial charge in [0.05, 0.1) is 37.3 Å². The number of benzene rings is 4. The van der Waals surface area contributed by atoms with Gasteiger partial charge in [-0.3, -0.25) is 0 Å². The fourth-order valence-corrected chi connectivity index (χ4v) is 4.11. The van der Waals surface area contributed by atoms with Crippen LogP contribution in [0.3, 0.4) is 0 Å². The minimum absolute atomic E-state index is 0.184. The van der Waals surface area contributed by atoms with Gasteiger partial charge in [-0.1, -0.05) is 60.7 Å². The van der Waals surface area contributed by atoms with Crippen LogP contribution in [0, 0.1) is 0 Å². The molecule has 1 N–H and O–H groups in total. The fraction of sp³-hybridized carbons (Fsp3) is 0.115. The molecule has 148 valence electrons. The first-order chi connectivity index (χ1) is 14.8. The highest BCUT2D eigenvalue weighted by atomic mass is 16.5. The Hall–Kier alpha value is -3.79. The second-order valence-electron chi connectivity index (χ2n) is 7.20. The minimum atomic E-state index is -0.184. The third-order valence-corrected chi connectivity index (χ3v) is 5.54. The van der Waals surface area contributed by atoms with E-state index in [0.717, 1.165) is 45.1 Å². The minimum Gasteiger partial charge on any atom is -0.496 e. The monoisotopic (exact) mass is 394 g/mol. The van der Waals surface area contributed by atoms with E-state index in [1.54, 1.807) is 14.2 Å². The molecule has 0 saturated carbocycles. The van der Waals surface area contributed by atoms with Gasteiger partial charge < -0.3 is 14.8 Å². The maximum atomic E-state index is 5.69. The second-order valence-corrected chi connectivity index (χ2v) is 7.20. The Morgan fingerprint density at radius 3 is 2.27 bits per heavy atom. The maximum absolute atomic E-state index is 5.69. The molecule has 0 amide bonds. The van der Waals surface area contributed by atoms with Crippen LogP contribution in [0.2, 0.25) is 0 Å². The SMILES string of the molecule is COc1ccccc1C1=Nc2ccc3ccccc3c2NC1c1ccccc1OC. The Bertz CT molecular complexity index is 1260. The topological polar surface area (TPSA) is 42.8 Å². The normalized spacial score (nSPS) is 15.1. The van der Waals surface area contributed by atoms with Crippen molar-refractivity contribution in [2.45, 2.75) is 6.04 Å². The van der Waals surface area contributed by atoms with Crippen LogP contribution < -0.4 is 14.8 Å². The lowest BCUT2D eigenvalue weighted by molar-refractivity contribution is 0.409. The van der Waals surface area contributed by atoms with Gasteiger partial charge in [-0.05, 0) is 29.7 Å². The van der Waals surface area contributed by atoms with E-state index in [-0.39, 0.29) is 6.04 Å². The van der Waals surface area contributed by atoms with E-state index in [4.69, 9.17) is 14.5 Å². The Morgan fingerprint density at radius 2 is 1.43 bits per heavy atom. The van der Waals surface area contributed by atoms with E-state index in [9.17, 15) is 0 Å². The number of methoxy groups -OCH3 is 2. The first-order valence-corrected chi connectivity index (χ1v) is 9.93. The zero-order chi connectivity index (χ0) is 20.5. The zero-order valence-corrected chi connectivity index (χ0v) is 16.9. The molecule has 0 bridgehead atoms.